The summed E-state index contributed by atoms with van der Waals surface area (Å²) in [4.78, 5) is 4.45. The Labute approximate surface area is 68.7 Å². The molecule has 2 heteroatoms. The van der Waals surface area contributed by atoms with Gasteiger partial charge in [0.1, 0.15) is 0 Å². The van der Waals surface area contributed by atoms with Crippen molar-refractivity contribution >= 4 is 5.90 Å². The molecular weight excluding hydrogens is 138 g/mol. The van der Waals surface area contributed by atoms with Crippen LogP contribution in [0.2, 0.25) is 0 Å². The number of aliphatic imine (C=N–C) groups is 1. The maximum atomic E-state index is 5.00. The van der Waals surface area contributed by atoms with Crippen molar-refractivity contribution in [2.45, 2.75) is 45.1 Å². The van der Waals surface area contributed by atoms with E-state index in [0.717, 1.165) is 5.90 Å². The van der Waals surface area contributed by atoms with Crippen LogP contribution >= 0.6 is 0 Å². The quantitative estimate of drug-likeness (QED) is 0.421. The topological polar surface area (TPSA) is 21.6 Å². The Balaban J connectivity index is 2.34. The zero-order valence-electron chi connectivity index (χ0n) is 7.47. The summed E-state index contributed by atoms with van der Waals surface area (Å²) in [6.07, 6.45) is 6.57. The normalized spacial score (nSPS) is 21.8. The predicted molar refractivity (Wildman–Crippen MR) is 47.0 cm³/mol. The van der Waals surface area contributed by atoms with E-state index in [2.05, 4.69) is 4.99 Å². The number of methoxy groups -OCH3 is 1. The molecular formula is C9H17NO. The van der Waals surface area contributed by atoms with Crippen molar-refractivity contribution in [3.8, 4) is 0 Å². The fraction of sp³-hybridized carbons (Fsp3) is 0.889. The molecule has 0 saturated heterocycles. The lowest BCUT2D eigenvalue weighted by molar-refractivity contribution is 0.380. The highest BCUT2D eigenvalue weighted by Gasteiger charge is 2.11. The molecule has 64 valence electrons. The highest BCUT2D eigenvalue weighted by atomic mass is 16.5. The van der Waals surface area contributed by atoms with Crippen LogP contribution in [-0.2, 0) is 4.74 Å². The van der Waals surface area contributed by atoms with E-state index >= 15 is 0 Å². The van der Waals surface area contributed by atoms with Gasteiger partial charge in [-0.3, -0.25) is 4.99 Å². The third-order valence-corrected chi connectivity index (χ3v) is 2.23. The Bertz CT molecular complexity index is 136. The Hall–Kier alpha value is -0.530. The molecule has 0 spiro atoms. The van der Waals surface area contributed by atoms with E-state index in [0.29, 0.717) is 6.04 Å². The lowest BCUT2D eigenvalue weighted by atomic mass is 9.96. The van der Waals surface area contributed by atoms with Crippen molar-refractivity contribution in [3.05, 3.63) is 0 Å². The molecule has 1 fully saturated rings. The third kappa shape index (κ3) is 2.91. The molecule has 2 nitrogen and oxygen atoms in total. The number of hydrogen-bond acceptors (Lipinski definition) is 2. The van der Waals surface area contributed by atoms with Gasteiger partial charge in [-0.05, 0) is 12.8 Å². The average molecular weight is 155 g/mol. The summed E-state index contributed by atoms with van der Waals surface area (Å²) in [5.74, 6) is 0.830. The van der Waals surface area contributed by atoms with Gasteiger partial charge in [-0.15, -0.1) is 0 Å². The minimum atomic E-state index is 0.545. The van der Waals surface area contributed by atoms with Gasteiger partial charge in [0.05, 0.1) is 13.2 Å². The van der Waals surface area contributed by atoms with Crippen LogP contribution in [0.4, 0.5) is 0 Å². The first-order valence-corrected chi connectivity index (χ1v) is 4.41. The molecule has 0 aromatic heterocycles. The molecule has 11 heavy (non-hydrogen) atoms. The number of ether oxygens (including phenoxy) is 1. The Kier molecular flexibility index (Phi) is 3.40. The summed E-state index contributed by atoms with van der Waals surface area (Å²) in [6.45, 7) is 1.93. The van der Waals surface area contributed by atoms with Gasteiger partial charge >= 0.3 is 0 Å². The van der Waals surface area contributed by atoms with E-state index in [4.69, 9.17) is 4.74 Å². The van der Waals surface area contributed by atoms with Crippen molar-refractivity contribution in [1.29, 1.82) is 0 Å². The molecule has 0 aromatic rings. The van der Waals surface area contributed by atoms with Crippen LogP contribution in [0.25, 0.3) is 0 Å². The summed E-state index contributed by atoms with van der Waals surface area (Å²) in [6, 6.07) is 0.545. The van der Waals surface area contributed by atoms with E-state index in [9.17, 15) is 0 Å². The van der Waals surface area contributed by atoms with Crippen LogP contribution < -0.4 is 0 Å². The minimum Gasteiger partial charge on any atom is -0.484 e. The number of rotatable bonds is 1. The molecule has 0 amide bonds. The molecule has 1 saturated carbocycles. The van der Waals surface area contributed by atoms with Crippen molar-refractivity contribution in [2.75, 3.05) is 7.11 Å². The summed E-state index contributed by atoms with van der Waals surface area (Å²) < 4.78 is 5.00. The van der Waals surface area contributed by atoms with Crippen LogP contribution in [-0.4, -0.2) is 19.0 Å². The van der Waals surface area contributed by atoms with Crippen molar-refractivity contribution in [2.24, 2.45) is 4.99 Å². The monoisotopic (exact) mass is 155 g/mol. The van der Waals surface area contributed by atoms with Gasteiger partial charge in [-0.1, -0.05) is 19.3 Å². The first-order valence-electron chi connectivity index (χ1n) is 4.41. The molecule has 1 aliphatic carbocycles. The zero-order chi connectivity index (χ0) is 8.10. The molecule has 0 aliphatic heterocycles. The van der Waals surface area contributed by atoms with Crippen LogP contribution in [0.3, 0.4) is 0 Å². The van der Waals surface area contributed by atoms with Crippen LogP contribution in [0.5, 0.6) is 0 Å². The van der Waals surface area contributed by atoms with Gasteiger partial charge in [-0.25, -0.2) is 0 Å². The van der Waals surface area contributed by atoms with E-state index in [1.54, 1.807) is 7.11 Å². The molecule has 0 unspecified atom stereocenters. The first-order chi connectivity index (χ1) is 5.33. The smallest absolute Gasteiger partial charge is 0.179 e. The van der Waals surface area contributed by atoms with E-state index in [1.165, 1.54) is 32.1 Å². The van der Waals surface area contributed by atoms with Gasteiger partial charge in [0.15, 0.2) is 5.90 Å². The molecule has 0 bridgehead atoms. The number of hydrogen-bond donors (Lipinski definition) is 0. The lowest BCUT2D eigenvalue weighted by Crippen LogP contribution is -2.12. The van der Waals surface area contributed by atoms with Crippen LogP contribution in [0, 0.1) is 0 Å². The van der Waals surface area contributed by atoms with Crippen molar-refractivity contribution in [1.82, 2.24) is 0 Å². The lowest BCUT2D eigenvalue weighted by Gasteiger charge is -2.17. The standard InChI is InChI=1S/C9H17NO/c1-8(11-2)10-9-6-4-3-5-7-9/h9H,3-7H2,1-2H3/b10-8-. The largest absolute Gasteiger partial charge is 0.484 e. The molecule has 0 aromatic carbocycles. The molecule has 1 rings (SSSR count). The fourth-order valence-electron chi connectivity index (χ4n) is 1.52. The summed E-state index contributed by atoms with van der Waals surface area (Å²) in [7, 11) is 1.68. The predicted octanol–water partition coefficient (Wildman–Crippen LogP) is 2.38. The van der Waals surface area contributed by atoms with Gasteiger partial charge in [0, 0.05) is 6.92 Å². The molecule has 0 heterocycles. The molecule has 0 N–H and O–H groups in total. The zero-order valence-corrected chi connectivity index (χ0v) is 7.47. The number of nitrogens with zero attached hydrogens (tertiary/aromatic N) is 1. The molecule has 0 radical (unpaired) electrons. The maximum absolute atomic E-state index is 5.00. The third-order valence-electron chi connectivity index (χ3n) is 2.23. The maximum Gasteiger partial charge on any atom is 0.179 e. The Morgan fingerprint density at radius 1 is 1.27 bits per heavy atom. The van der Waals surface area contributed by atoms with Gasteiger partial charge in [0.2, 0.25) is 0 Å². The van der Waals surface area contributed by atoms with Crippen LogP contribution in [0.1, 0.15) is 39.0 Å². The SMILES string of the molecule is CO/C(C)=N\C1CCCCC1. The molecule has 1 aliphatic rings. The second-order valence-corrected chi connectivity index (χ2v) is 3.14. The fourth-order valence-corrected chi connectivity index (χ4v) is 1.52. The molecule has 0 atom stereocenters. The second-order valence-electron chi connectivity index (χ2n) is 3.14. The van der Waals surface area contributed by atoms with Crippen LogP contribution in [0.15, 0.2) is 4.99 Å². The average Bonchev–Trinajstić information content (AvgIpc) is 2.06. The Morgan fingerprint density at radius 3 is 2.45 bits per heavy atom. The summed E-state index contributed by atoms with van der Waals surface area (Å²) >= 11 is 0. The second kappa shape index (κ2) is 4.37. The van der Waals surface area contributed by atoms with E-state index in [1.807, 2.05) is 6.92 Å². The highest BCUT2D eigenvalue weighted by molar-refractivity contribution is 5.73. The van der Waals surface area contributed by atoms with E-state index in [-0.39, 0.29) is 0 Å². The Morgan fingerprint density at radius 2 is 1.91 bits per heavy atom. The van der Waals surface area contributed by atoms with Crippen molar-refractivity contribution < 1.29 is 4.74 Å². The first kappa shape index (κ1) is 8.57. The summed E-state index contributed by atoms with van der Waals surface area (Å²) in [5, 5.41) is 0. The van der Waals surface area contributed by atoms with Crippen molar-refractivity contribution in [3.63, 3.8) is 0 Å². The van der Waals surface area contributed by atoms with E-state index < -0.39 is 0 Å². The van der Waals surface area contributed by atoms with Gasteiger partial charge in [-0.2, -0.15) is 0 Å². The highest BCUT2D eigenvalue weighted by Crippen LogP contribution is 2.20. The van der Waals surface area contributed by atoms with Gasteiger partial charge < -0.3 is 4.74 Å². The minimum absolute atomic E-state index is 0.545. The van der Waals surface area contributed by atoms with Gasteiger partial charge in [0.25, 0.3) is 0 Å². The summed E-state index contributed by atoms with van der Waals surface area (Å²) in [5.41, 5.74) is 0.